The molecule has 0 aliphatic heterocycles. The number of carbonyl (C=O) groups excluding carboxylic acids is 2. The van der Waals surface area contributed by atoms with Crippen LogP contribution in [0.25, 0.3) is 0 Å². The van der Waals surface area contributed by atoms with Gasteiger partial charge in [0.2, 0.25) is 5.91 Å². The van der Waals surface area contributed by atoms with Gasteiger partial charge in [-0.2, -0.15) is 0 Å². The lowest BCUT2D eigenvalue weighted by molar-refractivity contribution is -0.114. The Balaban J connectivity index is 1.78. The molecule has 0 unspecified atom stereocenters. The third-order valence-electron chi connectivity index (χ3n) is 4.32. The molecular formula is C20H23N3O3S2. The molecule has 148 valence electrons. The van der Waals surface area contributed by atoms with Crippen molar-refractivity contribution in [2.45, 2.75) is 39.5 Å². The average Bonchev–Trinajstić information content (AvgIpc) is 2.99. The predicted molar refractivity (Wildman–Crippen MR) is 118 cm³/mol. The van der Waals surface area contributed by atoms with Gasteiger partial charge in [0, 0.05) is 23.2 Å². The van der Waals surface area contributed by atoms with Crippen molar-refractivity contribution in [1.29, 1.82) is 0 Å². The van der Waals surface area contributed by atoms with Crippen LogP contribution in [0.15, 0.2) is 24.3 Å². The van der Waals surface area contributed by atoms with E-state index in [2.05, 4.69) is 16.0 Å². The van der Waals surface area contributed by atoms with Crippen molar-refractivity contribution in [3.63, 3.8) is 0 Å². The molecule has 0 saturated carbocycles. The van der Waals surface area contributed by atoms with E-state index in [4.69, 9.17) is 17.0 Å². The van der Waals surface area contributed by atoms with Crippen LogP contribution in [0, 0.1) is 0 Å². The summed E-state index contributed by atoms with van der Waals surface area (Å²) in [7, 11) is 0. The van der Waals surface area contributed by atoms with Crippen molar-refractivity contribution in [2.75, 3.05) is 22.6 Å². The summed E-state index contributed by atoms with van der Waals surface area (Å²) in [5.74, 6) is -0.444. The highest BCUT2D eigenvalue weighted by atomic mass is 32.1. The second kappa shape index (κ2) is 9.16. The summed E-state index contributed by atoms with van der Waals surface area (Å²) in [6, 6.07) is 7.27. The van der Waals surface area contributed by atoms with E-state index in [1.807, 2.05) is 12.1 Å². The third kappa shape index (κ3) is 4.88. The Labute approximate surface area is 173 Å². The average molecular weight is 418 g/mol. The van der Waals surface area contributed by atoms with E-state index < -0.39 is 0 Å². The summed E-state index contributed by atoms with van der Waals surface area (Å²) < 4.78 is 5.27. The molecule has 1 aromatic carbocycles. The molecule has 1 heterocycles. The van der Waals surface area contributed by atoms with E-state index in [0.29, 0.717) is 23.0 Å². The van der Waals surface area contributed by atoms with Crippen LogP contribution in [0.1, 0.15) is 47.5 Å². The molecule has 28 heavy (non-hydrogen) atoms. The second-order valence-corrected chi connectivity index (χ2v) is 7.99. The minimum atomic E-state index is -0.306. The fourth-order valence-corrected chi connectivity index (χ4v) is 4.78. The van der Waals surface area contributed by atoms with Crippen LogP contribution < -0.4 is 16.0 Å². The number of thiocarbonyl (C=S) groups is 1. The standard InChI is InChI=1S/C20H23N3O3S2/c1-3-26-19(25)17-15-9-4-5-10-16(15)28-18(17)23-20(27)22-14-8-6-7-13(11-14)21-12(2)24/h6-8,11H,3-5,9-10H2,1-2H3,(H,21,24)(H2,22,23,27). The van der Waals surface area contributed by atoms with E-state index >= 15 is 0 Å². The maximum absolute atomic E-state index is 12.5. The van der Waals surface area contributed by atoms with Crippen molar-refractivity contribution >= 4 is 56.9 Å². The minimum Gasteiger partial charge on any atom is -0.462 e. The molecule has 1 aliphatic carbocycles. The highest BCUT2D eigenvalue weighted by Gasteiger charge is 2.26. The van der Waals surface area contributed by atoms with E-state index in [1.165, 1.54) is 11.8 Å². The number of anilines is 3. The Morgan fingerprint density at radius 1 is 1.14 bits per heavy atom. The first-order valence-corrected chi connectivity index (χ1v) is 10.5. The van der Waals surface area contributed by atoms with E-state index in [0.717, 1.165) is 41.9 Å². The van der Waals surface area contributed by atoms with Crippen LogP contribution in [-0.2, 0) is 22.4 Å². The van der Waals surface area contributed by atoms with E-state index in [-0.39, 0.29) is 11.9 Å². The number of hydrogen-bond acceptors (Lipinski definition) is 5. The summed E-state index contributed by atoms with van der Waals surface area (Å²) in [6.07, 6.45) is 4.08. The summed E-state index contributed by atoms with van der Waals surface area (Å²) in [4.78, 5) is 25.0. The lowest BCUT2D eigenvalue weighted by Gasteiger charge is -2.13. The van der Waals surface area contributed by atoms with Gasteiger partial charge in [-0.3, -0.25) is 4.79 Å². The maximum Gasteiger partial charge on any atom is 0.341 e. The normalized spacial score (nSPS) is 12.6. The van der Waals surface area contributed by atoms with Gasteiger partial charge in [0.05, 0.1) is 12.2 Å². The Morgan fingerprint density at radius 2 is 1.86 bits per heavy atom. The molecule has 0 atom stereocenters. The summed E-state index contributed by atoms with van der Waals surface area (Å²) in [5.41, 5.74) is 3.12. The van der Waals surface area contributed by atoms with Gasteiger partial charge in [-0.25, -0.2) is 4.79 Å². The molecule has 3 rings (SSSR count). The molecule has 2 aromatic rings. The third-order valence-corrected chi connectivity index (χ3v) is 5.73. The number of esters is 1. The van der Waals surface area contributed by atoms with Crippen LogP contribution >= 0.6 is 23.6 Å². The molecule has 0 saturated heterocycles. The summed E-state index contributed by atoms with van der Waals surface area (Å²) >= 11 is 7.02. The quantitative estimate of drug-likeness (QED) is 0.488. The monoisotopic (exact) mass is 417 g/mol. The fourth-order valence-electron chi connectivity index (χ4n) is 3.22. The van der Waals surface area contributed by atoms with Crippen molar-refractivity contribution in [3.05, 3.63) is 40.3 Å². The number of carbonyl (C=O) groups is 2. The SMILES string of the molecule is CCOC(=O)c1c(NC(=S)Nc2cccc(NC(C)=O)c2)sc2c1CCCC2. The fraction of sp³-hybridized carbons (Fsp3) is 0.350. The largest absolute Gasteiger partial charge is 0.462 e. The zero-order valence-corrected chi connectivity index (χ0v) is 17.5. The van der Waals surface area contributed by atoms with E-state index in [1.54, 1.807) is 30.4 Å². The van der Waals surface area contributed by atoms with Crippen molar-refractivity contribution in [2.24, 2.45) is 0 Å². The highest BCUT2D eigenvalue weighted by molar-refractivity contribution is 7.80. The number of fused-ring (bicyclic) bond motifs is 1. The number of thiophene rings is 1. The number of hydrogen-bond donors (Lipinski definition) is 3. The van der Waals surface area contributed by atoms with Gasteiger partial charge in [0.15, 0.2) is 5.11 Å². The number of aryl methyl sites for hydroxylation is 1. The molecule has 1 aliphatic rings. The van der Waals surface area contributed by atoms with Gasteiger partial charge in [-0.05, 0) is 68.6 Å². The van der Waals surface area contributed by atoms with Crippen LogP contribution in [0.5, 0.6) is 0 Å². The molecule has 0 fully saturated rings. The van der Waals surface area contributed by atoms with Gasteiger partial charge in [-0.15, -0.1) is 11.3 Å². The highest BCUT2D eigenvalue weighted by Crippen LogP contribution is 2.38. The smallest absolute Gasteiger partial charge is 0.341 e. The van der Waals surface area contributed by atoms with Crippen molar-refractivity contribution in [1.82, 2.24) is 0 Å². The first kappa shape index (κ1) is 20.3. The Bertz CT molecular complexity index is 908. The maximum atomic E-state index is 12.5. The van der Waals surface area contributed by atoms with Gasteiger partial charge in [0.25, 0.3) is 0 Å². The molecule has 1 amide bonds. The van der Waals surface area contributed by atoms with E-state index in [9.17, 15) is 9.59 Å². The second-order valence-electron chi connectivity index (χ2n) is 6.48. The molecule has 3 N–H and O–H groups in total. The number of nitrogens with one attached hydrogen (secondary N) is 3. The lowest BCUT2D eigenvalue weighted by atomic mass is 9.95. The minimum absolute atomic E-state index is 0.138. The number of amides is 1. The predicted octanol–water partition coefficient (Wildman–Crippen LogP) is 4.57. The zero-order valence-electron chi connectivity index (χ0n) is 15.9. The van der Waals surface area contributed by atoms with Crippen LogP contribution in [0.3, 0.4) is 0 Å². The Kier molecular flexibility index (Phi) is 6.64. The van der Waals surface area contributed by atoms with Crippen LogP contribution in [-0.4, -0.2) is 23.6 Å². The van der Waals surface area contributed by atoms with Gasteiger partial charge in [-0.1, -0.05) is 6.07 Å². The van der Waals surface area contributed by atoms with Gasteiger partial charge >= 0.3 is 5.97 Å². The molecule has 8 heteroatoms. The van der Waals surface area contributed by atoms with Crippen LogP contribution in [0.4, 0.5) is 16.4 Å². The van der Waals surface area contributed by atoms with Gasteiger partial charge < -0.3 is 20.7 Å². The number of rotatable bonds is 5. The first-order valence-electron chi connectivity index (χ1n) is 9.25. The number of ether oxygens (including phenoxy) is 1. The molecule has 1 aromatic heterocycles. The van der Waals surface area contributed by atoms with Crippen LogP contribution in [0.2, 0.25) is 0 Å². The molecule has 0 bridgehead atoms. The lowest BCUT2D eigenvalue weighted by Crippen LogP contribution is -2.20. The molecule has 6 nitrogen and oxygen atoms in total. The van der Waals surface area contributed by atoms with Gasteiger partial charge in [0.1, 0.15) is 5.00 Å². The number of benzene rings is 1. The first-order chi connectivity index (χ1) is 13.5. The summed E-state index contributed by atoms with van der Waals surface area (Å²) in [5, 5.41) is 10.1. The van der Waals surface area contributed by atoms with Crippen molar-refractivity contribution in [3.8, 4) is 0 Å². The Morgan fingerprint density at radius 3 is 2.57 bits per heavy atom. The van der Waals surface area contributed by atoms with Crippen molar-refractivity contribution < 1.29 is 14.3 Å². The topological polar surface area (TPSA) is 79.5 Å². The Hall–Kier alpha value is -2.45. The summed E-state index contributed by atoms with van der Waals surface area (Å²) in [6.45, 7) is 3.60. The molecular weight excluding hydrogens is 394 g/mol. The molecule has 0 radical (unpaired) electrons. The zero-order chi connectivity index (χ0) is 20.1. The molecule has 0 spiro atoms.